The number of amides is 2. The minimum atomic E-state index is -0.356. The van der Waals surface area contributed by atoms with Gasteiger partial charge in [-0.25, -0.2) is 0 Å². The van der Waals surface area contributed by atoms with Crippen LogP contribution in [0.15, 0.2) is 18.2 Å². The van der Waals surface area contributed by atoms with Gasteiger partial charge in [0.2, 0.25) is 5.91 Å². The van der Waals surface area contributed by atoms with Gasteiger partial charge < -0.3 is 24.0 Å². The lowest BCUT2D eigenvalue weighted by Gasteiger charge is -2.36. The quantitative estimate of drug-likeness (QED) is 0.679. The van der Waals surface area contributed by atoms with E-state index in [4.69, 9.17) is 14.2 Å². The lowest BCUT2D eigenvalue weighted by atomic mass is 9.99. The molecule has 31 heavy (non-hydrogen) atoms. The summed E-state index contributed by atoms with van der Waals surface area (Å²) in [5, 5.41) is 9.57. The van der Waals surface area contributed by atoms with Crippen molar-refractivity contribution in [2.24, 2.45) is 5.92 Å². The number of para-hydroxylation sites is 1. The molecule has 2 aliphatic heterocycles. The van der Waals surface area contributed by atoms with Crippen molar-refractivity contribution in [3.05, 3.63) is 29.3 Å². The van der Waals surface area contributed by atoms with Crippen LogP contribution < -0.4 is 4.74 Å². The highest BCUT2D eigenvalue weighted by atomic mass is 16.6. The molecule has 0 N–H and O–H groups in total. The molecule has 2 bridgehead atoms. The molecule has 0 saturated carbocycles. The van der Waals surface area contributed by atoms with Crippen LogP contribution in [-0.4, -0.2) is 80.8 Å². The van der Waals surface area contributed by atoms with E-state index in [9.17, 15) is 14.9 Å². The molecule has 8 nitrogen and oxygen atoms in total. The van der Waals surface area contributed by atoms with E-state index in [1.54, 1.807) is 44.3 Å². The topological polar surface area (TPSA) is 92.1 Å². The molecule has 8 heteroatoms. The monoisotopic (exact) mass is 429 g/mol. The number of carbonyl (C=O) groups is 2. The summed E-state index contributed by atoms with van der Waals surface area (Å²) in [7, 11) is 5.09. The molecule has 2 heterocycles. The molecule has 0 unspecified atom stereocenters. The Morgan fingerprint density at radius 2 is 1.94 bits per heavy atom. The van der Waals surface area contributed by atoms with Gasteiger partial charge in [-0.15, -0.1) is 0 Å². The van der Waals surface area contributed by atoms with Crippen molar-refractivity contribution in [3.8, 4) is 11.8 Å². The molecule has 1 saturated heterocycles. The van der Waals surface area contributed by atoms with Crippen LogP contribution >= 0.6 is 0 Å². The summed E-state index contributed by atoms with van der Waals surface area (Å²) in [4.78, 5) is 29.2. The molecule has 1 aromatic rings. The first kappa shape index (κ1) is 23.0. The van der Waals surface area contributed by atoms with Crippen molar-refractivity contribution >= 4 is 11.8 Å². The van der Waals surface area contributed by atoms with E-state index in [2.05, 4.69) is 6.07 Å². The average Bonchev–Trinajstić information content (AvgIpc) is 2.79. The summed E-state index contributed by atoms with van der Waals surface area (Å²) in [6.07, 6.45) is 1.90. The molecule has 2 amide bonds. The Morgan fingerprint density at radius 3 is 2.65 bits per heavy atom. The Balaban J connectivity index is 1.96. The van der Waals surface area contributed by atoms with Gasteiger partial charge in [0.15, 0.2) is 0 Å². The number of nitriles is 1. The molecule has 2 aliphatic rings. The highest BCUT2D eigenvalue weighted by molar-refractivity contribution is 5.97. The van der Waals surface area contributed by atoms with Crippen molar-refractivity contribution in [2.45, 2.75) is 44.5 Å². The van der Waals surface area contributed by atoms with Crippen LogP contribution in [-0.2, 0) is 14.3 Å². The van der Waals surface area contributed by atoms with Crippen LogP contribution in [0.5, 0.6) is 5.75 Å². The summed E-state index contributed by atoms with van der Waals surface area (Å²) < 4.78 is 17.9. The maximum absolute atomic E-state index is 13.2. The lowest BCUT2D eigenvalue weighted by molar-refractivity contribution is -0.146. The van der Waals surface area contributed by atoms with Crippen LogP contribution in [0, 0.1) is 17.2 Å². The smallest absolute Gasteiger partial charge is 0.257 e. The van der Waals surface area contributed by atoms with Crippen LogP contribution in [0.3, 0.4) is 0 Å². The normalized spacial score (nSPS) is 28.1. The summed E-state index contributed by atoms with van der Waals surface area (Å²) in [5.41, 5.74) is 0.583. The molecule has 1 aromatic carbocycles. The number of benzene rings is 1. The van der Waals surface area contributed by atoms with Gasteiger partial charge in [0.05, 0.1) is 29.3 Å². The average molecular weight is 430 g/mol. The number of fused-ring (bicyclic) bond motifs is 3. The van der Waals surface area contributed by atoms with Gasteiger partial charge >= 0.3 is 0 Å². The van der Waals surface area contributed by atoms with Crippen molar-refractivity contribution in [3.63, 3.8) is 0 Å². The van der Waals surface area contributed by atoms with Gasteiger partial charge in [-0.1, -0.05) is 13.0 Å². The molecule has 1 fully saturated rings. The fourth-order valence-electron chi connectivity index (χ4n) is 4.28. The van der Waals surface area contributed by atoms with Crippen molar-refractivity contribution in [1.29, 1.82) is 5.26 Å². The fourth-order valence-corrected chi connectivity index (χ4v) is 4.28. The molecular weight excluding hydrogens is 398 g/mol. The van der Waals surface area contributed by atoms with Gasteiger partial charge in [-0.3, -0.25) is 9.59 Å². The van der Waals surface area contributed by atoms with E-state index in [1.165, 1.54) is 4.90 Å². The van der Waals surface area contributed by atoms with E-state index in [-0.39, 0.29) is 60.5 Å². The Bertz CT molecular complexity index is 852. The van der Waals surface area contributed by atoms with Gasteiger partial charge in [-0.05, 0) is 31.4 Å². The van der Waals surface area contributed by atoms with Gasteiger partial charge in [0.25, 0.3) is 5.91 Å². The molecule has 168 valence electrons. The number of methoxy groups -OCH3 is 1. The lowest BCUT2D eigenvalue weighted by Crippen LogP contribution is -2.45. The van der Waals surface area contributed by atoms with Crippen molar-refractivity contribution < 1.29 is 23.8 Å². The van der Waals surface area contributed by atoms with Crippen LogP contribution in [0.25, 0.3) is 0 Å². The first-order valence-electron chi connectivity index (χ1n) is 10.7. The van der Waals surface area contributed by atoms with E-state index in [1.807, 2.05) is 6.92 Å². The zero-order valence-electron chi connectivity index (χ0n) is 18.7. The Labute approximate surface area is 183 Å². The summed E-state index contributed by atoms with van der Waals surface area (Å²) in [6.45, 7) is 2.84. The van der Waals surface area contributed by atoms with Gasteiger partial charge in [-0.2, -0.15) is 5.26 Å². The third-order valence-electron chi connectivity index (χ3n) is 6.09. The van der Waals surface area contributed by atoms with Crippen LogP contribution in [0.2, 0.25) is 0 Å². The third-order valence-corrected chi connectivity index (χ3v) is 6.09. The van der Waals surface area contributed by atoms with E-state index in [0.717, 1.165) is 19.3 Å². The van der Waals surface area contributed by atoms with Gasteiger partial charge in [0, 0.05) is 34.3 Å². The zero-order chi connectivity index (χ0) is 22.5. The second kappa shape index (κ2) is 10.1. The van der Waals surface area contributed by atoms with Crippen molar-refractivity contribution in [2.75, 3.05) is 40.9 Å². The molecule has 3 rings (SSSR count). The standard InChI is InChI=1S/C23H31N3O5/c1-15-13-26(3)23(28)18-7-5-6-16(12-24)21(18)30-14-20-19(29-4)9-8-17(31-20)10-11-25(2)22(15)27/h5-7,15,17,19-20H,8-11,13-14H2,1-4H3/t15-,17-,19-,20+/m1/s1. The molecule has 0 aromatic heterocycles. The second-order valence-electron chi connectivity index (χ2n) is 8.39. The van der Waals surface area contributed by atoms with Crippen molar-refractivity contribution in [1.82, 2.24) is 9.80 Å². The number of hydrogen-bond acceptors (Lipinski definition) is 6. The number of hydrogen-bond donors (Lipinski definition) is 0. The Hall–Kier alpha value is -2.63. The zero-order valence-corrected chi connectivity index (χ0v) is 18.7. The van der Waals surface area contributed by atoms with E-state index >= 15 is 0 Å². The molecule has 0 aliphatic carbocycles. The maximum Gasteiger partial charge on any atom is 0.257 e. The van der Waals surface area contributed by atoms with E-state index in [0.29, 0.717) is 12.1 Å². The number of ether oxygens (including phenoxy) is 3. The minimum Gasteiger partial charge on any atom is -0.489 e. The first-order chi connectivity index (χ1) is 14.8. The Morgan fingerprint density at radius 1 is 1.16 bits per heavy atom. The Kier molecular flexibility index (Phi) is 7.52. The highest BCUT2D eigenvalue weighted by Gasteiger charge is 2.33. The number of rotatable bonds is 1. The largest absolute Gasteiger partial charge is 0.489 e. The van der Waals surface area contributed by atoms with Crippen LogP contribution in [0.4, 0.5) is 0 Å². The van der Waals surface area contributed by atoms with E-state index < -0.39 is 0 Å². The summed E-state index contributed by atoms with van der Waals surface area (Å²) >= 11 is 0. The molecule has 0 radical (unpaired) electrons. The highest BCUT2D eigenvalue weighted by Crippen LogP contribution is 2.29. The maximum atomic E-state index is 13.2. The van der Waals surface area contributed by atoms with Crippen LogP contribution in [0.1, 0.15) is 42.1 Å². The predicted octanol–water partition coefficient (Wildman–Crippen LogP) is 2.07. The number of nitrogens with zero attached hydrogens (tertiary/aromatic N) is 3. The summed E-state index contributed by atoms with van der Waals surface area (Å²) in [5.74, 6) is -0.423. The minimum absolute atomic E-state index is 0.00864. The third kappa shape index (κ3) is 5.17. The fraction of sp³-hybridized carbons (Fsp3) is 0.609. The second-order valence-corrected chi connectivity index (χ2v) is 8.39. The van der Waals surface area contributed by atoms with Gasteiger partial charge in [0.1, 0.15) is 24.5 Å². The summed E-state index contributed by atoms with van der Waals surface area (Å²) in [6, 6.07) is 7.04. The molecule has 0 spiro atoms. The predicted molar refractivity (Wildman–Crippen MR) is 114 cm³/mol. The molecular formula is C23H31N3O5. The first-order valence-corrected chi connectivity index (χ1v) is 10.7. The molecule has 4 atom stereocenters. The SMILES string of the molecule is CO[C@@H]1CC[C@@H]2CCN(C)C(=O)[C@H](C)CN(C)C(=O)c3cccc(C#N)c3OC[C@@H]1O2. The number of carbonyl (C=O) groups excluding carboxylic acids is 2.